The normalized spacial score (nSPS) is 17.5. The summed E-state index contributed by atoms with van der Waals surface area (Å²) < 4.78 is 11.4. The number of unbranched alkanes of at least 4 members (excludes halogenated alkanes) is 1. The van der Waals surface area contributed by atoms with Crippen molar-refractivity contribution in [2.24, 2.45) is 10.9 Å². The molecule has 1 fully saturated rings. The lowest BCUT2D eigenvalue weighted by molar-refractivity contribution is 0.0124. The molecule has 1 aromatic rings. The molecule has 6 heteroatoms. The molecule has 0 bridgehead atoms. The number of guanidine groups is 1. The third kappa shape index (κ3) is 7.00. The fourth-order valence-electron chi connectivity index (χ4n) is 3.23. The maximum atomic E-state index is 5.92. The van der Waals surface area contributed by atoms with Gasteiger partial charge in [-0.2, -0.15) is 0 Å². The second kappa shape index (κ2) is 11.2. The van der Waals surface area contributed by atoms with Gasteiger partial charge >= 0.3 is 0 Å². The maximum absolute atomic E-state index is 5.92. The van der Waals surface area contributed by atoms with Crippen LogP contribution in [0.4, 0.5) is 0 Å². The average molecular weight is 365 g/mol. The van der Waals surface area contributed by atoms with Crippen LogP contribution in [0.3, 0.4) is 0 Å². The molecule has 6 nitrogen and oxygen atoms in total. The third-order valence-corrected chi connectivity index (χ3v) is 4.76. The molecular weight excluding hydrogens is 328 g/mol. The highest BCUT2D eigenvalue weighted by atomic mass is 16.5. The molecule has 1 atom stereocenters. The SMILES string of the molecule is CN=C(NCCCCC(C)C)NCC(c1ccc(C)o1)N1CCOCC1. The Morgan fingerprint density at radius 1 is 1.19 bits per heavy atom. The summed E-state index contributed by atoms with van der Waals surface area (Å²) >= 11 is 0. The van der Waals surface area contributed by atoms with Crippen molar-refractivity contribution < 1.29 is 9.15 Å². The Morgan fingerprint density at radius 3 is 2.58 bits per heavy atom. The first-order valence-electron chi connectivity index (χ1n) is 9.92. The number of aliphatic imine (C=N–C) groups is 1. The third-order valence-electron chi connectivity index (χ3n) is 4.76. The highest BCUT2D eigenvalue weighted by molar-refractivity contribution is 5.79. The zero-order valence-corrected chi connectivity index (χ0v) is 16.9. The number of furan rings is 1. The number of ether oxygens (including phenoxy) is 1. The lowest BCUT2D eigenvalue weighted by Gasteiger charge is -2.33. The Labute approximate surface area is 158 Å². The molecule has 1 saturated heterocycles. The molecule has 0 saturated carbocycles. The minimum absolute atomic E-state index is 0.187. The van der Waals surface area contributed by atoms with Gasteiger partial charge in [0.05, 0.1) is 19.3 Å². The van der Waals surface area contributed by atoms with Crippen LogP contribution in [0, 0.1) is 12.8 Å². The predicted octanol–water partition coefficient (Wildman–Crippen LogP) is 2.95. The second-order valence-electron chi connectivity index (χ2n) is 7.38. The topological polar surface area (TPSA) is 62.0 Å². The second-order valence-corrected chi connectivity index (χ2v) is 7.38. The zero-order valence-electron chi connectivity index (χ0n) is 16.9. The van der Waals surface area contributed by atoms with Crippen LogP contribution in [0.5, 0.6) is 0 Å². The van der Waals surface area contributed by atoms with Gasteiger partial charge in [0, 0.05) is 33.2 Å². The molecule has 1 unspecified atom stereocenters. The summed E-state index contributed by atoms with van der Waals surface area (Å²) in [6, 6.07) is 4.30. The van der Waals surface area contributed by atoms with Crippen LogP contribution in [0.25, 0.3) is 0 Å². The van der Waals surface area contributed by atoms with E-state index in [9.17, 15) is 0 Å². The average Bonchev–Trinajstić information content (AvgIpc) is 3.06. The minimum atomic E-state index is 0.187. The summed E-state index contributed by atoms with van der Waals surface area (Å²) in [6.07, 6.45) is 3.71. The summed E-state index contributed by atoms with van der Waals surface area (Å²) in [6.45, 7) is 11.7. The molecule has 2 heterocycles. The molecule has 0 amide bonds. The van der Waals surface area contributed by atoms with E-state index in [-0.39, 0.29) is 6.04 Å². The van der Waals surface area contributed by atoms with Crippen molar-refractivity contribution in [3.8, 4) is 0 Å². The van der Waals surface area contributed by atoms with Crippen molar-refractivity contribution in [1.29, 1.82) is 0 Å². The lowest BCUT2D eigenvalue weighted by Crippen LogP contribution is -2.46. The number of hydrogen-bond donors (Lipinski definition) is 2. The van der Waals surface area contributed by atoms with Gasteiger partial charge in [0.2, 0.25) is 0 Å². The fraction of sp³-hybridized carbons (Fsp3) is 0.750. The van der Waals surface area contributed by atoms with Gasteiger partial charge < -0.3 is 19.8 Å². The van der Waals surface area contributed by atoms with Gasteiger partial charge in [-0.15, -0.1) is 0 Å². The first-order chi connectivity index (χ1) is 12.6. The molecule has 0 radical (unpaired) electrons. The highest BCUT2D eigenvalue weighted by Gasteiger charge is 2.25. The Bertz CT molecular complexity index is 536. The van der Waals surface area contributed by atoms with Crippen molar-refractivity contribution in [2.45, 2.75) is 46.1 Å². The molecule has 0 aromatic carbocycles. The van der Waals surface area contributed by atoms with Gasteiger partial charge in [-0.25, -0.2) is 0 Å². The van der Waals surface area contributed by atoms with E-state index in [4.69, 9.17) is 9.15 Å². The fourth-order valence-corrected chi connectivity index (χ4v) is 3.23. The van der Waals surface area contributed by atoms with Gasteiger partial charge in [0.25, 0.3) is 0 Å². The van der Waals surface area contributed by atoms with E-state index in [1.54, 1.807) is 0 Å². The lowest BCUT2D eigenvalue weighted by atomic mass is 10.1. The molecule has 0 spiro atoms. The molecule has 1 aliphatic rings. The number of hydrogen-bond acceptors (Lipinski definition) is 4. The molecule has 26 heavy (non-hydrogen) atoms. The number of nitrogens with one attached hydrogen (secondary N) is 2. The van der Waals surface area contributed by atoms with E-state index in [0.717, 1.165) is 62.8 Å². The number of morpholine rings is 1. The first kappa shape index (κ1) is 20.8. The monoisotopic (exact) mass is 364 g/mol. The number of aryl methyl sites for hydroxylation is 1. The van der Waals surface area contributed by atoms with Gasteiger partial charge in [-0.05, 0) is 31.4 Å². The first-order valence-corrected chi connectivity index (χ1v) is 9.92. The molecule has 1 aliphatic heterocycles. The van der Waals surface area contributed by atoms with Gasteiger partial charge in [0.1, 0.15) is 11.5 Å². The van der Waals surface area contributed by atoms with Crippen molar-refractivity contribution in [3.63, 3.8) is 0 Å². The summed E-state index contributed by atoms with van der Waals surface area (Å²) in [5.74, 6) is 3.59. The van der Waals surface area contributed by atoms with Crippen LogP contribution < -0.4 is 10.6 Å². The van der Waals surface area contributed by atoms with Gasteiger partial charge in [0.15, 0.2) is 5.96 Å². The molecular formula is C20H36N4O2. The van der Waals surface area contributed by atoms with E-state index >= 15 is 0 Å². The number of nitrogens with zero attached hydrogens (tertiary/aromatic N) is 2. The highest BCUT2D eigenvalue weighted by Crippen LogP contribution is 2.23. The van der Waals surface area contributed by atoms with Crippen LogP contribution in [0.1, 0.15) is 50.7 Å². The molecule has 1 aromatic heterocycles. The maximum Gasteiger partial charge on any atom is 0.191 e. The van der Waals surface area contributed by atoms with Crippen LogP contribution in [-0.2, 0) is 4.74 Å². The Morgan fingerprint density at radius 2 is 1.96 bits per heavy atom. The van der Waals surface area contributed by atoms with E-state index in [1.165, 1.54) is 19.3 Å². The Kier molecular flexibility index (Phi) is 8.98. The minimum Gasteiger partial charge on any atom is -0.465 e. The quantitative estimate of drug-likeness (QED) is 0.401. The predicted molar refractivity (Wildman–Crippen MR) is 107 cm³/mol. The van der Waals surface area contributed by atoms with Crippen molar-refractivity contribution in [1.82, 2.24) is 15.5 Å². The zero-order chi connectivity index (χ0) is 18.8. The largest absolute Gasteiger partial charge is 0.465 e. The van der Waals surface area contributed by atoms with E-state index in [0.29, 0.717) is 0 Å². The van der Waals surface area contributed by atoms with E-state index < -0.39 is 0 Å². The van der Waals surface area contributed by atoms with Crippen molar-refractivity contribution >= 4 is 5.96 Å². The summed E-state index contributed by atoms with van der Waals surface area (Å²) in [5, 5.41) is 6.89. The standard InChI is InChI=1S/C20H36N4O2/c1-16(2)7-5-6-10-22-20(21-4)23-15-18(19-9-8-17(3)26-19)24-11-13-25-14-12-24/h8-9,16,18H,5-7,10-15H2,1-4H3,(H2,21,22,23). The summed E-state index contributed by atoms with van der Waals surface area (Å²) in [5.41, 5.74) is 0. The van der Waals surface area contributed by atoms with Crippen LogP contribution in [0.2, 0.25) is 0 Å². The number of rotatable bonds is 9. The van der Waals surface area contributed by atoms with Crippen LogP contribution >= 0.6 is 0 Å². The van der Waals surface area contributed by atoms with Crippen LogP contribution in [-0.4, -0.2) is 57.3 Å². The Balaban J connectivity index is 1.84. The van der Waals surface area contributed by atoms with E-state index in [1.807, 2.05) is 20.0 Å². The van der Waals surface area contributed by atoms with Gasteiger partial charge in [-0.1, -0.05) is 26.7 Å². The van der Waals surface area contributed by atoms with Crippen molar-refractivity contribution in [2.75, 3.05) is 46.4 Å². The summed E-state index contributed by atoms with van der Waals surface area (Å²) in [7, 11) is 1.82. The summed E-state index contributed by atoms with van der Waals surface area (Å²) in [4.78, 5) is 6.78. The molecule has 2 N–H and O–H groups in total. The molecule has 2 rings (SSSR count). The smallest absolute Gasteiger partial charge is 0.191 e. The Hall–Kier alpha value is -1.53. The van der Waals surface area contributed by atoms with Gasteiger partial charge in [-0.3, -0.25) is 9.89 Å². The van der Waals surface area contributed by atoms with E-state index in [2.05, 4.69) is 40.4 Å². The molecule has 148 valence electrons. The molecule has 0 aliphatic carbocycles. The van der Waals surface area contributed by atoms with Crippen molar-refractivity contribution in [3.05, 3.63) is 23.7 Å². The van der Waals surface area contributed by atoms with Crippen LogP contribution in [0.15, 0.2) is 21.5 Å².